The van der Waals surface area contributed by atoms with E-state index in [0.29, 0.717) is 0 Å². The number of thioether (sulfide) groups is 1. The molecule has 0 saturated heterocycles. The molecule has 1 saturated carbocycles. The molecule has 2 rings (SSSR count). The van der Waals surface area contributed by atoms with Crippen molar-refractivity contribution >= 4 is 11.8 Å². The van der Waals surface area contributed by atoms with Crippen molar-refractivity contribution in [2.24, 2.45) is 5.73 Å². The van der Waals surface area contributed by atoms with E-state index in [1.165, 1.54) is 10.5 Å². The fourth-order valence-electron chi connectivity index (χ4n) is 1.95. The molecule has 0 heterocycles. The Balaban J connectivity index is 2.35. The van der Waals surface area contributed by atoms with Gasteiger partial charge in [-0.15, -0.1) is 11.8 Å². The molecule has 0 amide bonds. The van der Waals surface area contributed by atoms with E-state index in [-0.39, 0.29) is 5.54 Å². The van der Waals surface area contributed by atoms with Gasteiger partial charge in [-0.25, -0.2) is 0 Å². The van der Waals surface area contributed by atoms with Crippen molar-refractivity contribution in [2.75, 3.05) is 20.5 Å². The lowest BCUT2D eigenvalue weighted by molar-refractivity contribution is 0.353. The molecule has 2 N–H and O–H groups in total. The Morgan fingerprint density at radius 1 is 1.24 bits per heavy atom. The second-order valence-corrected chi connectivity index (χ2v) is 5.41. The van der Waals surface area contributed by atoms with Crippen molar-refractivity contribution in [1.82, 2.24) is 0 Å². The van der Waals surface area contributed by atoms with E-state index in [1.807, 2.05) is 6.07 Å². The topological polar surface area (TPSA) is 44.5 Å². The van der Waals surface area contributed by atoms with Crippen LogP contribution in [0.1, 0.15) is 18.4 Å². The Kier molecular flexibility index (Phi) is 3.54. The van der Waals surface area contributed by atoms with Gasteiger partial charge in [0.15, 0.2) is 11.5 Å². The van der Waals surface area contributed by atoms with Gasteiger partial charge in [-0.3, -0.25) is 0 Å². The molecule has 1 aliphatic carbocycles. The van der Waals surface area contributed by atoms with E-state index in [4.69, 9.17) is 15.2 Å². The maximum atomic E-state index is 6.18. The second-order valence-electron chi connectivity index (χ2n) is 4.56. The van der Waals surface area contributed by atoms with Gasteiger partial charge in [0.1, 0.15) is 0 Å². The molecular weight excluding hydrogens is 234 g/mol. The third-order valence-corrected chi connectivity index (χ3v) is 4.04. The summed E-state index contributed by atoms with van der Waals surface area (Å²) in [5.74, 6) is 1.56. The summed E-state index contributed by atoms with van der Waals surface area (Å²) in [5.41, 5.74) is 7.46. The number of nitrogens with two attached hydrogens (primary N) is 1. The van der Waals surface area contributed by atoms with Crippen molar-refractivity contribution in [1.29, 1.82) is 0 Å². The lowest BCUT2D eigenvalue weighted by Gasteiger charge is -2.16. The van der Waals surface area contributed by atoms with Gasteiger partial charge in [-0.05, 0) is 43.2 Å². The normalized spacial score (nSPS) is 16.7. The van der Waals surface area contributed by atoms with Crippen molar-refractivity contribution in [3.05, 3.63) is 17.7 Å². The van der Waals surface area contributed by atoms with E-state index in [9.17, 15) is 0 Å². The Labute approximate surface area is 107 Å². The zero-order valence-electron chi connectivity index (χ0n) is 10.6. The second kappa shape index (κ2) is 4.78. The monoisotopic (exact) mass is 253 g/mol. The summed E-state index contributed by atoms with van der Waals surface area (Å²) in [5, 5.41) is 0. The van der Waals surface area contributed by atoms with Gasteiger partial charge in [-0.1, -0.05) is 0 Å². The largest absolute Gasteiger partial charge is 0.493 e. The third-order valence-electron chi connectivity index (χ3n) is 3.22. The molecule has 0 aliphatic heterocycles. The minimum absolute atomic E-state index is 0.0179. The summed E-state index contributed by atoms with van der Waals surface area (Å²) in [7, 11) is 3.32. The van der Waals surface area contributed by atoms with Crippen LogP contribution in [0.4, 0.5) is 0 Å². The first-order chi connectivity index (χ1) is 8.11. The first kappa shape index (κ1) is 12.6. The number of ether oxygens (including phenoxy) is 2. The molecule has 4 heteroatoms. The Morgan fingerprint density at radius 3 is 2.29 bits per heavy atom. The molecule has 17 heavy (non-hydrogen) atoms. The van der Waals surface area contributed by atoms with Gasteiger partial charge in [0, 0.05) is 10.4 Å². The predicted molar refractivity (Wildman–Crippen MR) is 71.2 cm³/mol. The summed E-state index contributed by atoms with van der Waals surface area (Å²) in [4.78, 5) is 1.22. The van der Waals surface area contributed by atoms with Crippen molar-refractivity contribution in [2.45, 2.75) is 29.7 Å². The predicted octanol–water partition coefficient (Wildman–Crippen LogP) is 2.46. The van der Waals surface area contributed by atoms with Crippen molar-refractivity contribution in [3.8, 4) is 11.5 Å². The molecule has 1 aliphatic rings. The quantitative estimate of drug-likeness (QED) is 0.819. The van der Waals surface area contributed by atoms with Crippen molar-refractivity contribution in [3.63, 3.8) is 0 Å². The zero-order chi connectivity index (χ0) is 12.5. The molecule has 1 aromatic carbocycles. The molecule has 0 atom stereocenters. The fourth-order valence-corrected chi connectivity index (χ4v) is 2.57. The molecule has 1 aromatic rings. The summed E-state index contributed by atoms with van der Waals surface area (Å²) in [6.07, 6.45) is 5.23. The van der Waals surface area contributed by atoms with Crippen LogP contribution in [0.15, 0.2) is 17.0 Å². The van der Waals surface area contributed by atoms with Gasteiger partial charge in [-0.2, -0.15) is 0 Å². The van der Waals surface area contributed by atoms with Crippen LogP contribution in [-0.2, 0) is 6.42 Å². The number of methoxy groups -OCH3 is 2. The highest BCUT2D eigenvalue weighted by Gasteiger charge is 2.38. The minimum Gasteiger partial charge on any atom is -0.493 e. The first-order valence-corrected chi connectivity index (χ1v) is 6.92. The summed E-state index contributed by atoms with van der Waals surface area (Å²) < 4.78 is 10.6. The molecule has 0 unspecified atom stereocenters. The zero-order valence-corrected chi connectivity index (χ0v) is 11.4. The maximum Gasteiger partial charge on any atom is 0.161 e. The van der Waals surface area contributed by atoms with Crippen LogP contribution in [0.3, 0.4) is 0 Å². The molecular formula is C13H19NO2S. The highest BCUT2D eigenvalue weighted by molar-refractivity contribution is 7.98. The third kappa shape index (κ3) is 2.69. The van der Waals surface area contributed by atoms with Crippen LogP contribution >= 0.6 is 11.8 Å². The van der Waals surface area contributed by atoms with Crippen LogP contribution in [0.2, 0.25) is 0 Å². The van der Waals surface area contributed by atoms with Gasteiger partial charge in [0.05, 0.1) is 14.2 Å². The number of benzene rings is 1. The molecule has 0 bridgehead atoms. The van der Waals surface area contributed by atoms with Crippen LogP contribution in [0.5, 0.6) is 11.5 Å². The highest BCUT2D eigenvalue weighted by atomic mass is 32.2. The Morgan fingerprint density at radius 2 is 1.82 bits per heavy atom. The molecule has 0 spiro atoms. The Hall–Kier alpha value is -0.870. The lowest BCUT2D eigenvalue weighted by atomic mass is 10.0. The molecule has 1 fully saturated rings. The first-order valence-electron chi connectivity index (χ1n) is 5.69. The van der Waals surface area contributed by atoms with E-state index in [0.717, 1.165) is 30.8 Å². The summed E-state index contributed by atoms with van der Waals surface area (Å²) in [6.45, 7) is 0. The summed E-state index contributed by atoms with van der Waals surface area (Å²) >= 11 is 1.72. The van der Waals surface area contributed by atoms with Gasteiger partial charge in [0.2, 0.25) is 0 Å². The minimum atomic E-state index is 0.0179. The smallest absolute Gasteiger partial charge is 0.161 e. The number of rotatable bonds is 5. The van der Waals surface area contributed by atoms with Crippen LogP contribution in [0, 0.1) is 0 Å². The van der Waals surface area contributed by atoms with Gasteiger partial charge in [0.25, 0.3) is 0 Å². The Bertz CT molecular complexity index is 416. The average molecular weight is 253 g/mol. The fraction of sp³-hybridized carbons (Fsp3) is 0.538. The molecule has 0 aromatic heterocycles. The van der Waals surface area contributed by atoms with Crippen molar-refractivity contribution < 1.29 is 9.47 Å². The summed E-state index contributed by atoms with van der Waals surface area (Å²) in [6, 6.07) is 4.09. The van der Waals surface area contributed by atoms with Crippen LogP contribution in [-0.4, -0.2) is 26.0 Å². The molecule has 0 radical (unpaired) electrons. The van der Waals surface area contributed by atoms with Gasteiger partial charge < -0.3 is 15.2 Å². The molecule has 94 valence electrons. The number of hydrogen-bond acceptors (Lipinski definition) is 4. The maximum absolute atomic E-state index is 6.18. The molecule has 3 nitrogen and oxygen atoms in total. The van der Waals surface area contributed by atoms with E-state index in [1.54, 1.807) is 26.0 Å². The SMILES string of the molecule is COc1cc(CC2(N)CC2)c(SC)cc1OC. The van der Waals surface area contributed by atoms with Gasteiger partial charge >= 0.3 is 0 Å². The van der Waals surface area contributed by atoms with Crippen LogP contribution in [0.25, 0.3) is 0 Å². The van der Waals surface area contributed by atoms with E-state index < -0.39 is 0 Å². The number of hydrogen-bond donors (Lipinski definition) is 1. The standard InChI is InChI=1S/C13H19NO2S/c1-15-10-6-9(8-13(14)4-5-13)12(17-3)7-11(10)16-2/h6-7H,4-5,8,14H2,1-3H3. The van der Waals surface area contributed by atoms with Crippen LogP contribution < -0.4 is 15.2 Å². The van der Waals surface area contributed by atoms with E-state index >= 15 is 0 Å². The average Bonchev–Trinajstić information content (AvgIpc) is 3.06. The van der Waals surface area contributed by atoms with E-state index in [2.05, 4.69) is 12.3 Å². The highest BCUT2D eigenvalue weighted by Crippen LogP contribution is 2.41. The lowest BCUT2D eigenvalue weighted by Crippen LogP contribution is -2.24.